The van der Waals surface area contributed by atoms with Crippen molar-refractivity contribution in [1.29, 1.82) is 0 Å². The largest absolute Gasteiger partial charge is 0.497 e. The predicted octanol–water partition coefficient (Wildman–Crippen LogP) is 2.07. The van der Waals surface area contributed by atoms with Crippen molar-refractivity contribution in [2.75, 3.05) is 26.8 Å². The summed E-state index contributed by atoms with van der Waals surface area (Å²) in [5.41, 5.74) is 1.22. The van der Waals surface area contributed by atoms with Crippen LogP contribution in [0.15, 0.2) is 24.3 Å². The van der Waals surface area contributed by atoms with Crippen LogP contribution in [0.3, 0.4) is 0 Å². The maximum absolute atomic E-state index is 9.00. The fourth-order valence-corrected chi connectivity index (χ4v) is 1.87. The molecule has 1 N–H and O–H groups in total. The molecule has 0 spiro atoms. The molecule has 1 unspecified atom stereocenters. The van der Waals surface area contributed by atoms with Crippen LogP contribution in [0.1, 0.15) is 25.5 Å². The molecule has 0 saturated heterocycles. The Kier molecular flexibility index (Phi) is 5.29. The van der Waals surface area contributed by atoms with Crippen LogP contribution in [0.25, 0.3) is 0 Å². The zero-order valence-corrected chi connectivity index (χ0v) is 10.3. The number of ether oxygens (including phenoxy) is 1. The van der Waals surface area contributed by atoms with E-state index in [0.717, 1.165) is 12.3 Å². The van der Waals surface area contributed by atoms with Crippen LogP contribution < -0.4 is 4.74 Å². The van der Waals surface area contributed by atoms with Crippen molar-refractivity contribution < 1.29 is 9.84 Å². The van der Waals surface area contributed by atoms with Crippen molar-refractivity contribution in [3.05, 3.63) is 29.8 Å². The van der Waals surface area contributed by atoms with Gasteiger partial charge in [-0.05, 0) is 31.2 Å². The van der Waals surface area contributed by atoms with Gasteiger partial charge in [0.05, 0.1) is 13.7 Å². The molecule has 0 aliphatic carbocycles. The number of aliphatic hydroxyl groups excluding tert-OH is 1. The van der Waals surface area contributed by atoms with Crippen molar-refractivity contribution in [2.45, 2.75) is 19.9 Å². The molecule has 3 heteroatoms. The van der Waals surface area contributed by atoms with Gasteiger partial charge in [0.2, 0.25) is 0 Å². The summed E-state index contributed by atoms with van der Waals surface area (Å²) in [6.45, 7) is 6.08. The summed E-state index contributed by atoms with van der Waals surface area (Å²) >= 11 is 0. The summed E-state index contributed by atoms with van der Waals surface area (Å²) < 4.78 is 5.21. The minimum absolute atomic E-state index is 0.197. The van der Waals surface area contributed by atoms with Gasteiger partial charge >= 0.3 is 0 Å². The molecule has 0 aromatic heterocycles. The fraction of sp³-hybridized carbons (Fsp3) is 0.538. The maximum Gasteiger partial charge on any atom is 0.119 e. The quantitative estimate of drug-likeness (QED) is 0.801. The van der Waals surface area contributed by atoms with Crippen molar-refractivity contribution in [2.24, 2.45) is 0 Å². The Balaban J connectivity index is 2.80. The molecule has 0 amide bonds. The van der Waals surface area contributed by atoms with Gasteiger partial charge < -0.3 is 9.84 Å². The Bertz CT molecular complexity index is 315. The van der Waals surface area contributed by atoms with E-state index in [1.165, 1.54) is 5.56 Å². The molecule has 0 fully saturated rings. The van der Waals surface area contributed by atoms with Gasteiger partial charge in [-0.2, -0.15) is 0 Å². The number of rotatable bonds is 6. The van der Waals surface area contributed by atoms with Crippen LogP contribution in [0.2, 0.25) is 0 Å². The van der Waals surface area contributed by atoms with E-state index in [9.17, 15) is 0 Å². The molecule has 0 aliphatic rings. The number of nitrogens with zero attached hydrogens (tertiary/aromatic N) is 1. The van der Waals surface area contributed by atoms with E-state index in [1.54, 1.807) is 7.11 Å². The molecule has 16 heavy (non-hydrogen) atoms. The van der Waals surface area contributed by atoms with Crippen LogP contribution in [0.4, 0.5) is 0 Å². The third kappa shape index (κ3) is 3.22. The first kappa shape index (κ1) is 13.0. The van der Waals surface area contributed by atoms with Crippen molar-refractivity contribution >= 4 is 0 Å². The average molecular weight is 223 g/mol. The summed E-state index contributed by atoms with van der Waals surface area (Å²) in [5, 5.41) is 9.00. The van der Waals surface area contributed by atoms with E-state index in [1.807, 2.05) is 18.2 Å². The van der Waals surface area contributed by atoms with Crippen molar-refractivity contribution in [1.82, 2.24) is 4.90 Å². The monoisotopic (exact) mass is 223 g/mol. The van der Waals surface area contributed by atoms with Crippen molar-refractivity contribution in [3.63, 3.8) is 0 Å². The Hall–Kier alpha value is -1.06. The van der Waals surface area contributed by atoms with Gasteiger partial charge in [0.25, 0.3) is 0 Å². The number of hydrogen-bond acceptors (Lipinski definition) is 3. The number of hydrogen-bond donors (Lipinski definition) is 1. The van der Waals surface area contributed by atoms with Crippen molar-refractivity contribution in [3.8, 4) is 5.75 Å². The predicted molar refractivity (Wildman–Crippen MR) is 65.7 cm³/mol. The second-order valence-electron chi connectivity index (χ2n) is 3.80. The summed E-state index contributed by atoms with van der Waals surface area (Å²) in [5.74, 6) is 0.879. The van der Waals surface area contributed by atoms with E-state index in [4.69, 9.17) is 9.84 Å². The molecule has 0 radical (unpaired) electrons. The number of likely N-dealkylation sites (N-methyl/N-ethyl adjacent to an activating group) is 1. The summed E-state index contributed by atoms with van der Waals surface area (Å²) in [7, 11) is 1.68. The van der Waals surface area contributed by atoms with Crippen LogP contribution >= 0.6 is 0 Å². The molecule has 0 aliphatic heterocycles. The topological polar surface area (TPSA) is 32.7 Å². The average Bonchev–Trinajstić information content (AvgIpc) is 2.35. The third-order valence-corrected chi connectivity index (χ3v) is 2.92. The Labute approximate surface area is 97.7 Å². The van der Waals surface area contributed by atoms with Gasteiger partial charge in [-0.25, -0.2) is 0 Å². The second-order valence-corrected chi connectivity index (χ2v) is 3.80. The number of aliphatic hydroxyl groups is 1. The SMILES string of the molecule is CCN(CCO)C(C)c1cccc(OC)c1. The highest BCUT2D eigenvalue weighted by molar-refractivity contribution is 5.30. The lowest BCUT2D eigenvalue weighted by atomic mass is 10.1. The lowest BCUT2D eigenvalue weighted by Gasteiger charge is -2.27. The molecular weight excluding hydrogens is 202 g/mol. The van der Waals surface area contributed by atoms with Crippen LogP contribution in [-0.4, -0.2) is 36.8 Å². The molecule has 0 saturated carbocycles. The molecule has 0 bridgehead atoms. The van der Waals surface area contributed by atoms with E-state index in [0.29, 0.717) is 12.6 Å². The third-order valence-electron chi connectivity index (χ3n) is 2.92. The highest BCUT2D eigenvalue weighted by atomic mass is 16.5. The molecular formula is C13H21NO2. The Morgan fingerprint density at radius 1 is 1.44 bits per heavy atom. The highest BCUT2D eigenvalue weighted by Gasteiger charge is 2.13. The smallest absolute Gasteiger partial charge is 0.119 e. The van der Waals surface area contributed by atoms with Gasteiger partial charge in [0.15, 0.2) is 0 Å². The van der Waals surface area contributed by atoms with Gasteiger partial charge in [-0.1, -0.05) is 19.1 Å². The van der Waals surface area contributed by atoms with Crippen LogP contribution in [-0.2, 0) is 0 Å². The zero-order chi connectivity index (χ0) is 12.0. The Morgan fingerprint density at radius 3 is 2.75 bits per heavy atom. The first-order valence-electron chi connectivity index (χ1n) is 5.71. The van der Waals surface area contributed by atoms with E-state index in [-0.39, 0.29) is 6.61 Å². The molecule has 1 aromatic rings. The van der Waals surface area contributed by atoms with Gasteiger partial charge in [-0.15, -0.1) is 0 Å². The molecule has 0 heterocycles. The first-order chi connectivity index (χ1) is 7.72. The zero-order valence-electron chi connectivity index (χ0n) is 10.3. The maximum atomic E-state index is 9.00. The lowest BCUT2D eigenvalue weighted by Crippen LogP contribution is -2.29. The standard InChI is InChI=1S/C13H21NO2/c1-4-14(8-9-15)11(2)12-6-5-7-13(10-12)16-3/h5-7,10-11,15H,4,8-9H2,1-3H3. The number of methoxy groups -OCH3 is 1. The van der Waals surface area contributed by atoms with Gasteiger partial charge in [0.1, 0.15) is 5.75 Å². The van der Waals surface area contributed by atoms with Crippen LogP contribution in [0.5, 0.6) is 5.75 Å². The minimum atomic E-state index is 0.197. The fourth-order valence-electron chi connectivity index (χ4n) is 1.87. The minimum Gasteiger partial charge on any atom is -0.497 e. The normalized spacial score (nSPS) is 12.8. The molecule has 1 rings (SSSR count). The van der Waals surface area contributed by atoms with E-state index < -0.39 is 0 Å². The Morgan fingerprint density at radius 2 is 2.19 bits per heavy atom. The van der Waals surface area contributed by atoms with E-state index in [2.05, 4.69) is 24.8 Å². The summed E-state index contributed by atoms with van der Waals surface area (Å²) in [6.07, 6.45) is 0. The lowest BCUT2D eigenvalue weighted by molar-refractivity contribution is 0.165. The molecule has 3 nitrogen and oxygen atoms in total. The van der Waals surface area contributed by atoms with Gasteiger partial charge in [0, 0.05) is 12.6 Å². The number of benzene rings is 1. The van der Waals surface area contributed by atoms with Gasteiger partial charge in [-0.3, -0.25) is 4.90 Å². The first-order valence-corrected chi connectivity index (χ1v) is 5.71. The second kappa shape index (κ2) is 6.51. The summed E-state index contributed by atoms with van der Waals surface area (Å²) in [4.78, 5) is 2.23. The highest BCUT2D eigenvalue weighted by Crippen LogP contribution is 2.23. The van der Waals surface area contributed by atoms with E-state index >= 15 is 0 Å². The van der Waals surface area contributed by atoms with Crippen LogP contribution in [0, 0.1) is 0 Å². The molecule has 90 valence electrons. The molecule has 1 aromatic carbocycles. The summed E-state index contributed by atoms with van der Waals surface area (Å²) in [6, 6.07) is 8.38. The molecule has 1 atom stereocenters.